The highest BCUT2D eigenvalue weighted by atomic mass is 35.5. The average molecular weight is 412 g/mol. The molecular formula is C23H26ClN3O2. The second-order valence-corrected chi connectivity index (χ2v) is 8.12. The van der Waals surface area contributed by atoms with Crippen LogP contribution in [0, 0.1) is 0 Å². The molecule has 0 radical (unpaired) electrons. The lowest BCUT2D eigenvalue weighted by Gasteiger charge is -2.24. The summed E-state index contributed by atoms with van der Waals surface area (Å²) in [5.74, 6) is -0.252. The van der Waals surface area contributed by atoms with Crippen molar-refractivity contribution in [3.63, 3.8) is 0 Å². The first-order valence-corrected chi connectivity index (χ1v) is 10.8. The summed E-state index contributed by atoms with van der Waals surface area (Å²) in [6.07, 6.45) is 4.38. The Kier molecular flexibility index (Phi) is 6.05. The zero-order chi connectivity index (χ0) is 20.2. The first-order chi connectivity index (χ1) is 14.1. The molecule has 2 aromatic carbocycles. The molecule has 5 nitrogen and oxygen atoms in total. The number of halogens is 1. The Hall–Kier alpha value is -2.53. The third kappa shape index (κ3) is 4.40. The molecule has 2 aliphatic rings. The normalized spacial score (nSPS) is 17.4. The largest absolute Gasteiger partial charge is 0.371 e. The van der Waals surface area contributed by atoms with Gasteiger partial charge in [-0.3, -0.25) is 9.59 Å². The van der Waals surface area contributed by atoms with Crippen LogP contribution in [-0.4, -0.2) is 42.9 Å². The summed E-state index contributed by atoms with van der Waals surface area (Å²) < 4.78 is 0. The van der Waals surface area contributed by atoms with Gasteiger partial charge in [0.15, 0.2) is 0 Å². The summed E-state index contributed by atoms with van der Waals surface area (Å²) in [4.78, 5) is 30.0. The number of hydrogen-bond acceptors (Lipinski definition) is 3. The van der Waals surface area contributed by atoms with Gasteiger partial charge in [0, 0.05) is 37.6 Å². The Balaban J connectivity index is 1.58. The fraction of sp³-hybridized carbons (Fsp3) is 0.391. The number of amides is 2. The quantitative estimate of drug-likeness (QED) is 0.740. The Morgan fingerprint density at radius 3 is 2.24 bits per heavy atom. The fourth-order valence-electron chi connectivity index (χ4n) is 4.09. The van der Waals surface area contributed by atoms with Crippen LogP contribution in [0.3, 0.4) is 0 Å². The minimum Gasteiger partial charge on any atom is -0.371 e. The van der Waals surface area contributed by atoms with Gasteiger partial charge in [-0.25, -0.2) is 0 Å². The third-order valence-electron chi connectivity index (χ3n) is 5.66. The molecule has 6 heteroatoms. The van der Waals surface area contributed by atoms with Crippen LogP contribution in [0.5, 0.6) is 0 Å². The molecule has 2 fully saturated rings. The lowest BCUT2D eigenvalue weighted by Crippen LogP contribution is -2.30. The van der Waals surface area contributed by atoms with E-state index in [4.69, 9.17) is 11.6 Å². The summed E-state index contributed by atoms with van der Waals surface area (Å²) in [6.45, 7) is 3.52. The van der Waals surface area contributed by atoms with Crippen molar-refractivity contribution in [1.29, 1.82) is 0 Å². The number of anilines is 2. The van der Waals surface area contributed by atoms with Crippen LogP contribution >= 0.6 is 11.6 Å². The van der Waals surface area contributed by atoms with E-state index in [-0.39, 0.29) is 11.8 Å². The number of carbonyl (C=O) groups excluding carboxylic acids is 2. The van der Waals surface area contributed by atoms with Crippen molar-refractivity contribution < 1.29 is 9.59 Å². The zero-order valence-electron chi connectivity index (χ0n) is 16.4. The number of rotatable bonds is 5. The van der Waals surface area contributed by atoms with Crippen molar-refractivity contribution in [1.82, 2.24) is 4.90 Å². The molecule has 29 heavy (non-hydrogen) atoms. The van der Waals surface area contributed by atoms with E-state index < -0.39 is 5.38 Å². The van der Waals surface area contributed by atoms with Crippen molar-refractivity contribution in [2.24, 2.45) is 0 Å². The second kappa shape index (κ2) is 8.87. The molecule has 2 aromatic rings. The molecule has 0 bridgehead atoms. The van der Waals surface area contributed by atoms with Gasteiger partial charge < -0.3 is 15.1 Å². The molecule has 1 atom stereocenters. The summed E-state index contributed by atoms with van der Waals surface area (Å²) in [7, 11) is 0. The van der Waals surface area contributed by atoms with Gasteiger partial charge in [0.05, 0.1) is 5.56 Å². The summed E-state index contributed by atoms with van der Waals surface area (Å²) in [5.41, 5.74) is 2.97. The maximum Gasteiger partial charge on any atom is 0.256 e. The SMILES string of the molecule is O=C(Nc1ccc(N2CCCC2)c(C(=O)N2CCCC2)c1)[C@H](Cl)c1ccccc1. The van der Waals surface area contributed by atoms with E-state index in [0.717, 1.165) is 63.1 Å². The second-order valence-electron chi connectivity index (χ2n) is 7.69. The lowest BCUT2D eigenvalue weighted by atomic mass is 10.1. The molecule has 1 N–H and O–H groups in total. The molecule has 2 heterocycles. The van der Waals surface area contributed by atoms with Crippen molar-refractivity contribution in [3.8, 4) is 0 Å². The molecule has 0 unspecified atom stereocenters. The summed E-state index contributed by atoms with van der Waals surface area (Å²) in [5, 5.41) is 2.10. The lowest BCUT2D eigenvalue weighted by molar-refractivity contribution is -0.116. The third-order valence-corrected chi connectivity index (χ3v) is 6.11. The minimum atomic E-state index is -0.785. The number of likely N-dealkylation sites (tertiary alicyclic amines) is 1. The van der Waals surface area contributed by atoms with Gasteiger partial charge >= 0.3 is 0 Å². The van der Waals surface area contributed by atoms with Gasteiger partial charge in [-0.05, 0) is 49.4 Å². The zero-order valence-corrected chi connectivity index (χ0v) is 17.2. The van der Waals surface area contributed by atoms with Gasteiger partial charge in [0.25, 0.3) is 5.91 Å². The van der Waals surface area contributed by atoms with Crippen molar-refractivity contribution in [2.75, 3.05) is 36.4 Å². The van der Waals surface area contributed by atoms with Crippen LogP contribution < -0.4 is 10.2 Å². The molecule has 2 amide bonds. The van der Waals surface area contributed by atoms with Crippen molar-refractivity contribution in [3.05, 3.63) is 59.7 Å². The number of hydrogen-bond donors (Lipinski definition) is 1. The summed E-state index contributed by atoms with van der Waals surface area (Å²) in [6, 6.07) is 14.9. The van der Waals surface area contributed by atoms with E-state index in [1.165, 1.54) is 0 Å². The van der Waals surface area contributed by atoms with E-state index in [1.807, 2.05) is 47.4 Å². The highest BCUT2D eigenvalue weighted by Crippen LogP contribution is 2.30. The molecule has 0 aliphatic carbocycles. The van der Waals surface area contributed by atoms with E-state index in [0.29, 0.717) is 11.3 Å². The van der Waals surface area contributed by atoms with Crippen molar-refractivity contribution >= 4 is 34.8 Å². The Labute approximate surface area is 176 Å². The Bertz CT molecular complexity index is 875. The first kappa shape index (κ1) is 19.8. The summed E-state index contributed by atoms with van der Waals surface area (Å²) >= 11 is 6.35. The van der Waals surface area contributed by atoms with E-state index >= 15 is 0 Å². The standard InChI is InChI=1S/C23H26ClN3O2/c24-21(17-8-2-1-3-9-17)22(28)25-18-10-11-20(26-12-4-5-13-26)19(16-18)23(29)27-14-6-7-15-27/h1-3,8-11,16,21H,4-7,12-15H2,(H,25,28)/t21-/m1/s1. The number of nitrogens with zero attached hydrogens (tertiary/aromatic N) is 2. The minimum absolute atomic E-state index is 0.0472. The van der Waals surface area contributed by atoms with Gasteiger partial charge in [-0.15, -0.1) is 11.6 Å². The van der Waals surface area contributed by atoms with Gasteiger partial charge in [0.1, 0.15) is 5.38 Å². The van der Waals surface area contributed by atoms with Crippen LogP contribution in [-0.2, 0) is 4.79 Å². The number of nitrogens with one attached hydrogen (secondary N) is 1. The maximum atomic E-state index is 13.2. The van der Waals surface area contributed by atoms with Gasteiger partial charge in [0.2, 0.25) is 5.91 Å². The highest BCUT2D eigenvalue weighted by Gasteiger charge is 2.26. The van der Waals surface area contributed by atoms with Crippen LogP contribution in [0.1, 0.15) is 47.0 Å². The van der Waals surface area contributed by atoms with Gasteiger partial charge in [-0.1, -0.05) is 30.3 Å². The van der Waals surface area contributed by atoms with E-state index in [9.17, 15) is 9.59 Å². The topological polar surface area (TPSA) is 52.7 Å². The number of carbonyl (C=O) groups is 2. The smallest absolute Gasteiger partial charge is 0.256 e. The predicted octanol–water partition coefficient (Wildman–Crippen LogP) is 4.44. The van der Waals surface area contributed by atoms with Crippen molar-refractivity contribution in [2.45, 2.75) is 31.1 Å². The molecular weight excluding hydrogens is 386 g/mol. The molecule has 152 valence electrons. The Morgan fingerprint density at radius 2 is 1.55 bits per heavy atom. The van der Waals surface area contributed by atoms with Gasteiger partial charge in [-0.2, -0.15) is 0 Å². The van der Waals surface area contributed by atoms with E-state index in [1.54, 1.807) is 6.07 Å². The first-order valence-electron chi connectivity index (χ1n) is 10.3. The van der Waals surface area contributed by atoms with Crippen LogP contribution in [0.15, 0.2) is 48.5 Å². The average Bonchev–Trinajstić information content (AvgIpc) is 3.47. The predicted molar refractivity (Wildman–Crippen MR) is 117 cm³/mol. The molecule has 2 aliphatic heterocycles. The number of alkyl halides is 1. The maximum absolute atomic E-state index is 13.2. The van der Waals surface area contributed by atoms with E-state index in [2.05, 4.69) is 10.2 Å². The monoisotopic (exact) mass is 411 g/mol. The molecule has 0 saturated carbocycles. The molecule has 4 rings (SSSR count). The highest BCUT2D eigenvalue weighted by molar-refractivity contribution is 6.32. The Morgan fingerprint density at radius 1 is 0.897 bits per heavy atom. The van der Waals surface area contributed by atoms with Crippen LogP contribution in [0.2, 0.25) is 0 Å². The molecule has 2 saturated heterocycles. The molecule has 0 spiro atoms. The van der Waals surface area contributed by atoms with Crippen LogP contribution in [0.25, 0.3) is 0 Å². The number of benzene rings is 2. The molecule has 0 aromatic heterocycles. The van der Waals surface area contributed by atoms with Crippen LogP contribution in [0.4, 0.5) is 11.4 Å². The fourth-order valence-corrected chi connectivity index (χ4v) is 4.29.